The summed E-state index contributed by atoms with van der Waals surface area (Å²) in [5.74, 6) is -0.0774. The Kier molecular flexibility index (Phi) is 3.24. The van der Waals surface area contributed by atoms with Gasteiger partial charge in [0.2, 0.25) is 0 Å². The summed E-state index contributed by atoms with van der Waals surface area (Å²) in [5, 5.41) is 8.70. The van der Waals surface area contributed by atoms with Gasteiger partial charge < -0.3 is 0 Å². The van der Waals surface area contributed by atoms with E-state index in [9.17, 15) is 4.39 Å². The number of hydrogen-bond acceptors (Lipinski definition) is 1. The van der Waals surface area contributed by atoms with Gasteiger partial charge in [0.1, 0.15) is 11.9 Å². The monoisotopic (exact) mass is 191 g/mol. The van der Waals surface area contributed by atoms with Gasteiger partial charge in [-0.3, -0.25) is 0 Å². The van der Waals surface area contributed by atoms with Crippen molar-refractivity contribution in [2.45, 2.75) is 33.1 Å². The van der Waals surface area contributed by atoms with Crippen LogP contribution in [0.2, 0.25) is 0 Å². The minimum atomic E-state index is -0.409. The molecule has 1 aromatic rings. The first-order valence-electron chi connectivity index (χ1n) is 4.82. The first-order chi connectivity index (χ1) is 6.60. The second-order valence-electron chi connectivity index (χ2n) is 3.65. The molecule has 0 fully saturated rings. The highest BCUT2D eigenvalue weighted by Gasteiger charge is 2.10. The van der Waals surface area contributed by atoms with Crippen molar-refractivity contribution in [3.05, 3.63) is 34.6 Å². The lowest BCUT2D eigenvalue weighted by Crippen LogP contribution is -1.98. The molecule has 0 aromatic heterocycles. The minimum Gasteiger partial charge on any atom is -0.206 e. The summed E-state index contributed by atoms with van der Waals surface area (Å²) in [5.41, 5.74) is 2.22. The summed E-state index contributed by atoms with van der Waals surface area (Å²) in [7, 11) is 0. The Morgan fingerprint density at radius 2 is 2.07 bits per heavy atom. The molecule has 0 saturated heterocycles. The van der Waals surface area contributed by atoms with Gasteiger partial charge in [0.05, 0.1) is 5.56 Å². The van der Waals surface area contributed by atoms with Crippen molar-refractivity contribution < 1.29 is 4.39 Å². The number of benzene rings is 1. The van der Waals surface area contributed by atoms with Crippen LogP contribution in [0.5, 0.6) is 0 Å². The summed E-state index contributed by atoms with van der Waals surface area (Å²) >= 11 is 0. The maximum absolute atomic E-state index is 13.3. The number of halogens is 1. The molecule has 0 atom stereocenters. The highest BCUT2D eigenvalue weighted by atomic mass is 19.1. The fraction of sp³-hybridized carbons (Fsp3) is 0.417. The van der Waals surface area contributed by atoms with Gasteiger partial charge in [-0.1, -0.05) is 20.8 Å². The van der Waals surface area contributed by atoms with E-state index in [4.69, 9.17) is 5.26 Å². The molecule has 2 heteroatoms. The van der Waals surface area contributed by atoms with Crippen molar-refractivity contribution in [1.82, 2.24) is 0 Å². The molecule has 0 bridgehead atoms. The lowest BCUT2D eigenvalue weighted by Gasteiger charge is -2.12. The van der Waals surface area contributed by atoms with Crippen LogP contribution >= 0.6 is 0 Å². The van der Waals surface area contributed by atoms with Gasteiger partial charge in [0.15, 0.2) is 0 Å². The number of aryl methyl sites for hydroxylation is 1. The molecule has 0 aliphatic heterocycles. The van der Waals surface area contributed by atoms with Crippen LogP contribution in [0.15, 0.2) is 12.1 Å². The fourth-order valence-corrected chi connectivity index (χ4v) is 1.56. The molecular weight excluding hydrogens is 177 g/mol. The zero-order chi connectivity index (χ0) is 10.7. The van der Waals surface area contributed by atoms with Gasteiger partial charge in [-0.15, -0.1) is 0 Å². The molecule has 0 spiro atoms. The highest BCUT2D eigenvalue weighted by molar-refractivity contribution is 5.40. The maximum atomic E-state index is 13.3. The lowest BCUT2D eigenvalue weighted by atomic mass is 9.93. The summed E-state index contributed by atoms with van der Waals surface area (Å²) in [6.07, 6.45) is 0.802. The Labute approximate surface area is 84.2 Å². The topological polar surface area (TPSA) is 23.8 Å². The standard InChI is InChI=1S/C12H14FN/c1-4-9-6-12(13)10(7-14)5-11(9)8(2)3/h5-6,8H,4H2,1-3H3. The van der Waals surface area contributed by atoms with E-state index < -0.39 is 5.82 Å². The normalized spacial score (nSPS) is 10.3. The number of rotatable bonds is 2. The van der Waals surface area contributed by atoms with Crippen molar-refractivity contribution in [3.63, 3.8) is 0 Å². The van der Waals surface area contributed by atoms with Gasteiger partial charge >= 0.3 is 0 Å². The number of nitrogens with zero attached hydrogens (tertiary/aromatic N) is 1. The molecule has 0 amide bonds. The largest absolute Gasteiger partial charge is 0.206 e. The van der Waals surface area contributed by atoms with E-state index in [1.807, 2.05) is 26.8 Å². The van der Waals surface area contributed by atoms with Crippen LogP contribution in [-0.4, -0.2) is 0 Å². The summed E-state index contributed by atoms with van der Waals surface area (Å²) in [4.78, 5) is 0. The summed E-state index contributed by atoms with van der Waals surface area (Å²) in [6, 6.07) is 5.01. The fourth-order valence-electron chi connectivity index (χ4n) is 1.56. The van der Waals surface area contributed by atoms with Crippen LogP contribution in [0, 0.1) is 17.1 Å². The number of hydrogen-bond donors (Lipinski definition) is 0. The third-order valence-electron chi connectivity index (χ3n) is 2.35. The molecule has 0 heterocycles. The molecule has 1 rings (SSSR count). The second-order valence-corrected chi connectivity index (χ2v) is 3.65. The van der Waals surface area contributed by atoms with E-state index in [0.29, 0.717) is 5.92 Å². The molecule has 0 radical (unpaired) electrons. The van der Waals surface area contributed by atoms with Crippen LogP contribution < -0.4 is 0 Å². The second kappa shape index (κ2) is 4.23. The lowest BCUT2D eigenvalue weighted by molar-refractivity contribution is 0.619. The molecule has 0 unspecified atom stereocenters. The van der Waals surface area contributed by atoms with Gasteiger partial charge in [-0.25, -0.2) is 4.39 Å². The van der Waals surface area contributed by atoms with Crippen LogP contribution in [0.1, 0.15) is 43.4 Å². The van der Waals surface area contributed by atoms with Crippen molar-refractivity contribution in [1.29, 1.82) is 5.26 Å². The Bertz CT molecular complexity index is 375. The SMILES string of the molecule is CCc1cc(F)c(C#N)cc1C(C)C. The molecule has 0 N–H and O–H groups in total. The Morgan fingerprint density at radius 1 is 1.43 bits per heavy atom. The van der Waals surface area contributed by atoms with E-state index in [1.54, 1.807) is 6.07 Å². The van der Waals surface area contributed by atoms with Gasteiger partial charge in [0, 0.05) is 0 Å². The van der Waals surface area contributed by atoms with Crippen LogP contribution in [0.3, 0.4) is 0 Å². The minimum absolute atomic E-state index is 0.144. The molecular formula is C12H14FN. The molecule has 74 valence electrons. The average molecular weight is 191 g/mol. The zero-order valence-electron chi connectivity index (χ0n) is 8.76. The smallest absolute Gasteiger partial charge is 0.141 e. The summed E-state index contributed by atoms with van der Waals surface area (Å²) < 4.78 is 13.3. The average Bonchev–Trinajstić information content (AvgIpc) is 2.16. The first-order valence-corrected chi connectivity index (χ1v) is 4.82. The molecule has 0 saturated carbocycles. The number of nitriles is 1. The highest BCUT2D eigenvalue weighted by Crippen LogP contribution is 2.23. The van der Waals surface area contributed by atoms with Crippen LogP contribution in [-0.2, 0) is 6.42 Å². The molecule has 0 aliphatic rings. The molecule has 14 heavy (non-hydrogen) atoms. The molecule has 1 aromatic carbocycles. The maximum Gasteiger partial charge on any atom is 0.141 e. The summed E-state index contributed by atoms with van der Waals surface area (Å²) in [6.45, 7) is 6.09. The van der Waals surface area contributed by atoms with Gasteiger partial charge in [-0.2, -0.15) is 5.26 Å². The van der Waals surface area contributed by atoms with E-state index in [1.165, 1.54) is 6.07 Å². The van der Waals surface area contributed by atoms with Crippen molar-refractivity contribution in [2.75, 3.05) is 0 Å². The van der Waals surface area contributed by atoms with E-state index in [0.717, 1.165) is 17.5 Å². The predicted octanol–water partition coefficient (Wildman–Crippen LogP) is 3.38. The van der Waals surface area contributed by atoms with Gasteiger partial charge in [0.25, 0.3) is 0 Å². The zero-order valence-corrected chi connectivity index (χ0v) is 8.76. The predicted molar refractivity (Wildman–Crippen MR) is 54.6 cm³/mol. The van der Waals surface area contributed by atoms with Crippen molar-refractivity contribution in [2.24, 2.45) is 0 Å². The first kappa shape index (κ1) is 10.7. The molecule has 0 aliphatic carbocycles. The molecule has 1 nitrogen and oxygen atoms in total. The van der Waals surface area contributed by atoms with Crippen LogP contribution in [0.25, 0.3) is 0 Å². The quantitative estimate of drug-likeness (QED) is 0.703. The van der Waals surface area contributed by atoms with Crippen LogP contribution in [0.4, 0.5) is 4.39 Å². The third kappa shape index (κ3) is 1.93. The third-order valence-corrected chi connectivity index (χ3v) is 2.35. The Hall–Kier alpha value is -1.36. The van der Waals surface area contributed by atoms with E-state index in [-0.39, 0.29) is 5.56 Å². The Morgan fingerprint density at radius 3 is 2.50 bits per heavy atom. The van der Waals surface area contributed by atoms with Crippen molar-refractivity contribution in [3.8, 4) is 6.07 Å². The van der Waals surface area contributed by atoms with E-state index >= 15 is 0 Å². The van der Waals surface area contributed by atoms with Crippen molar-refractivity contribution >= 4 is 0 Å². The Balaban J connectivity index is 3.34. The van der Waals surface area contributed by atoms with Gasteiger partial charge in [-0.05, 0) is 35.6 Å². The van der Waals surface area contributed by atoms with E-state index in [2.05, 4.69) is 0 Å².